The number of aliphatic hydroxyl groups excluding tert-OH is 1. The fraction of sp³-hybridized carbons (Fsp3) is 0.364. The van der Waals surface area contributed by atoms with E-state index in [9.17, 15) is 18.7 Å². The predicted octanol–water partition coefficient (Wildman–Crippen LogP) is 2.02. The maximum absolute atomic E-state index is 12.1. The van der Waals surface area contributed by atoms with E-state index in [1.54, 1.807) is 13.8 Å². The second kappa shape index (κ2) is 5.09. The predicted molar refractivity (Wildman–Crippen MR) is 55.1 cm³/mol. The maximum Gasteiger partial charge on any atom is 0.387 e. The minimum absolute atomic E-state index is 0.0405. The molecule has 4 nitrogen and oxygen atoms in total. The number of carboxylic acid groups (broad SMARTS) is 1. The monoisotopic (exact) mass is 246 g/mol. The molecule has 1 rings (SSSR count). The third-order valence-electron chi connectivity index (χ3n) is 2.31. The van der Waals surface area contributed by atoms with Gasteiger partial charge in [0.15, 0.2) is 6.10 Å². The molecule has 0 saturated carbocycles. The van der Waals surface area contributed by atoms with E-state index >= 15 is 0 Å². The molecule has 0 aliphatic rings. The van der Waals surface area contributed by atoms with Crippen molar-refractivity contribution in [1.29, 1.82) is 0 Å². The number of aliphatic carboxylic acids is 1. The van der Waals surface area contributed by atoms with Crippen LogP contribution < -0.4 is 4.74 Å². The Labute approximate surface area is 96.5 Å². The molecule has 0 fully saturated rings. The highest BCUT2D eigenvalue weighted by Crippen LogP contribution is 2.28. The Morgan fingerprint density at radius 1 is 1.29 bits per heavy atom. The first kappa shape index (κ1) is 13.4. The molecule has 6 heteroatoms. The summed E-state index contributed by atoms with van der Waals surface area (Å²) in [4.78, 5) is 10.6. The summed E-state index contributed by atoms with van der Waals surface area (Å²) < 4.78 is 28.4. The number of ether oxygens (including phenoxy) is 1. The van der Waals surface area contributed by atoms with E-state index in [1.165, 1.54) is 6.07 Å². The van der Waals surface area contributed by atoms with E-state index in [0.29, 0.717) is 11.1 Å². The zero-order valence-electron chi connectivity index (χ0n) is 9.28. The van der Waals surface area contributed by atoms with E-state index in [1.807, 2.05) is 0 Å². The highest BCUT2D eigenvalue weighted by atomic mass is 19.3. The number of carboxylic acids is 1. The SMILES string of the molecule is Cc1cc(C)c(C(O)C(=O)O)cc1OC(F)F. The van der Waals surface area contributed by atoms with Gasteiger partial charge in [0.2, 0.25) is 0 Å². The standard InChI is InChI=1S/C11H12F2O4/c1-5-3-6(2)8(17-11(12)13)4-7(5)9(14)10(15)16/h3-4,9,11,14H,1-2H3,(H,15,16). The second-order valence-corrected chi connectivity index (χ2v) is 3.59. The van der Waals surface area contributed by atoms with Crippen LogP contribution in [0.25, 0.3) is 0 Å². The lowest BCUT2D eigenvalue weighted by atomic mass is 10.0. The number of hydrogen-bond acceptors (Lipinski definition) is 3. The van der Waals surface area contributed by atoms with Gasteiger partial charge in [0, 0.05) is 0 Å². The van der Waals surface area contributed by atoms with Gasteiger partial charge in [0.1, 0.15) is 5.75 Å². The number of carbonyl (C=O) groups is 1. The van der Waals surface area contributed by atoms with E-state index in [4.69, 9.17) is 5.11 Å². The first-order valence-corrected chi connectivity index (χ1v) is 4.79. The molecule has 0 aliphatic heterocycles. The lowest BCUT2D eigenvalue weighted by molar-refractivity contribution is -0.147. The third-order valence-corrected chi connectivity index (χ3v) is 2.31. The van der Waals surface area contributed by atoms with Gasteiger partial charge in [-0.2, -0.15) is 8.78 Å². The summed E-state index contributed by atoms with van der Waals surface area (Å²) in [6.07, 6.45) is -1.75. The summed E-state index contributed by atoms with van der Waals surface area (Å²) in [7, 11) is 0. The minimum atomic E-state index is -2.99. The molecule has 0 spiro atoms. The largest absolute Gasteiger partial charge is 0.479 e. The van der Waals surface area contributed by atoms with Crippen LogP contribution in [-0.2, 0) is 4.79 Å². The van der Waals surface area contributed by atoms with E-state index in [0.717, 1.165) is 6.07 Å². The number of benzene rings is 1. The molecule has 1 atom stereocenters. The molecular weight excluding hydrogens is 234 g/mol. The van der Waals surface area contributed by atoms with Crippen LogP contribution in [0.3, 0.4) is 0 Å². The lowest BCUT2D eigenvalue weighted by Gasteiger charge is -2.14. The quantitative estimate of drug-likeness (QED) is 0.852. The molecule has 17 heavy (non-hydrogen) atoms. The Balaban J connectivity index is 3.18. The molecule has 0 aliphatic carbocycles. The van der Waals surface area contributed by atoms with Crippen LogP contribution in [0.5, 0.6) is 5.75 Å². The van der Waals surface area contributed by atoms with Crippen molar-refractivity contribution >= 4 is 5.97 Å². The van der Waals surface area contributed by atoms with Crippen LogP contribution in [-0.4, -0.2) is 22.8 Å². The molecule has 0 heterocycles. The van der Waals surface area contributed by atoms with Gasteiger partial charge in [0.05, 0.1) is 0 Å². The zero-order valence-corrected chi connectivity index (χ0v) is 9.28. The average Bonchev–Trinajstić information content (AvgIpc) is 2.20. The highest BCUT2D eigenvalue weighted by Gasteiger charge is 2.20. The van der Waals surface area contributed by atoms with E-state index < -0.39 is 18.7 Å². The van der Waals surface area contributed by atoms with Gasteiger partial charge < -0.3 is 14.9 Å². The fourth-order valence-corrected chi connectivity index (χ4v) is 1.50. The summed E-state index contributed by atoms with van der Waals surface area (Å²) >= 11 is 0. The van der Waals surface area contributed by atoms with Crippen molar-refractivity contribution in [2.24, 2.45) is 0 Å². The Bertz CT molecular complexity index is 432. The Morgan fingerprint density at radius 2 is 1.88 bits per heavy atom. The van der Waals surface area contributed by atoms with Crippen LogP contribution in [0.4, 0.5) is 8.78 Å². The van der Waals surface area contributed by atoms with Gasteiger partial charge in [-0.1, -0.05) is 6.07 Å². The maximum atomic E-state index is 12.1. The molecule has 2 N–H and O–H groups in total. The number of hydrogen-bond donors (Lipinski definition) is 2. The van der Waals surface area contributed by atoms with Crippen LogP contribution in [0.1, 0.15) is 22.8 Å². The second-order valence-electron chi connectivity index (χ2n) is 3.59. The number of halogens is 2. The first-order valence-electron chi connectivity index (χ1n) is 4.79. The highest BCUT2D eigenvalue weighted by molar-refractivity contribution is 5.75. The van der Waals surface area contributed by atoms with Crippen molar-refractivity contribution in [3.05, 3.63) is 28.8 Å². The van der Waals surface area contributed by atoms with Gasteiger partial charge in [-0.05, 0) is 36.6 Å². The van der Waals surface area contributed by atoms with Gasteiger partial charge in [0.25, 0.3) is 0 Å². The Morgan fingerprint density at radius 3 is 2.35 bits per heavy atom. The Hall–Kier alpha value is -1.69. The van der Waals surface area contributed by atoms with Crippen molar-refractivity contribution in [3.63, 3.8) is 0 Å². The summed E-state index contributed by atoms with van der Waals surface area (Å²) in [5.74, 6) is -1.58. The van der Waals surface area contributed by atoms with Gasteiger partial charge in [-0.3, -0.25) is 0 Å². The van der Waals surface area contributed by atoms with Crippen molar-refractivity contribution in [3.8, 4) is 5.75 Å². The molecule has 1 aromatic rings. The van der Waals surface area contributed by atoms with Crippen molar-refractivity contribution in [1.82, 2.24) is 0 Å². The minimum Gasteiger partial charge on any atom is -0.479 e. The van der Waals surface area contributed by atoms with Crippen molar-refractivity contribution in [2.75, 3.05) is 0 Å². The van der Waals surface area contributed by atoms with Gasteiger partial charge in [-0.15, -0.1) is 0 Å². The number of rotatable bonds is 4. The molecule has 0 saturated heterocycles. The first-order chi connectivity index (χ1) is 7.82. The smallest absolute Gasteiger partial charge is 0.387 e. The lowest BCUT2D eigenvalue weighted by Crippen LogP contribution is -2.13. The molecular formula is C11H12F2O4. The van der Waals surface area contributed by atoms with Crippen LogP contribution >= 0.6 is 0 Å². The number of alkyl halides is 2. The summed E-state index contributed by atoms with van der Waals surface area (Å²) in [5.41, 5.74) is 0.988. The number of aliphatic hydroxyl groups is 1. The molecule has 0 amide bonds. The van der Waals surface area contributed by atoms with Crippen LogP contribution in [0.2, 0.25) is 0 Å². The topological polar surface area (TPSA) is 66.8 Å². The molecule has 0 bridgehead atoms. The van der Waals surface area contributed by atoms with Crippen LogP contribution in [0.15, 0.2) is 12.1 Å². The van der Waals surface area contributed by atoms with Gasteiger partial charge >= 0.3 is 12.6 Å². The van der Waals surface area contributed by atoms with E-state index in [-0.39, 0.29) is 11.3 Å². The summed E-state index contributed by atoms with van der Waals surface area (Å²) in [6.45, 7) is 0.147. The normalized spacial score (nSPS) is 12.6. The van der Waals surface area contributed by atoms with Gasteiger partial charge in [-0.25, -0.2) is 4.79 Å². The summed E-state index contributed by atoms with van der Waals surface area (Å²) in [5, 5.41) is 18.0. The van der Waals surface area contributed by atoms with E-state index in [2.05, 4.69) is 4.74 Å². The molecule has 0 radical (unpaired) electrons. The number of aryl methyl sites for hydroxylation is 2. The molecule has 94 valence electrons. The van der Waals surface area contributed by atoms with Crippen molar-refractivity contribution in [2.45, 2.75) is 26.6 Å². The molecule has 1 unspecified atom stereocenters. The molecule has 1 aromatic carbocycles. The fourth-order valence-electron chi connectivity index (χ4n) is 1.50. The van der Waals surface area contributed by atoms with Crippen LogP contribution in [0, 0.1) is 13.8 Å². The third kappa shape index (κ3) is 3.13. The average molecular weight is 246 g/mol. The zero-order chi connectivity index (χ0) is 13.2. The Kier molecular flexibility index (Phi) is 4.01. The van der Waals surface area contributed by atoms with Crippen molar-refractivity contribution < 1.29 is 28.5 Å². The summed E-state index contributed by atoms with van der Waals surface area (Å²) in [6, 6.07) is 2.61. The molecule has 0 aromatic heterocycles.